The second-order valence-corrected chi connectivity index (χ2v) is 5.41. The predicted molar refractivity (Wildman–Crippen MR) is 71.1 cm³/mol. The van der Waals surface area contributed by atoms with Crippen LogP contribution in [-0.2, 0) is 9.53 Å². The first-order valence-electron chi connectivity index (χ1n) is 7.28. The molecule has 2 heteroatoms. The SMILES string of the molecule is CCC(CC)CC(=O)C(OC)C1CCCCC1. The summed E-state index contributed by atoms with van der Waals surface area (Å²) >= 11 is 0. The Morgan fingerprint density at radius 2 is 1.76 bits per heavy atom. The molecule has 0 N–H and O–H groups in total. The minimum absolute atomic E-state index is 0.129. The van der Waals surface area contributed by atoms with E-state index < -0.39 is 0 Å². The summed E-state index contributed by atoms with van der Waals surface area (Å²) in [6, 6.07) is 0. The van der Waals surface area contributed by atoms with Gasteiger partial charge in [0.25, 0.3) is 0 Å². The van der Waals surface area contributed by atoms with Gasteiger partial charge >= 0.3 is 0 Å². The lowest BCUT2D eigenvalue weighted by Crippen LogP contribution is -2.34. The highest BCUT2D eigenvalue weighted by atomic mass is 16.5. The fraction of sp³-hybridized carbons (Fsp3) is 0.933. The van der Waals surface area contributed by atoms with E-state index in [1.54, 1.807) is 7.11 Å². The van der Waals surface area contributed by atoms with Gasteiger partial charge in [-0.05, 0) is 24.7 Å². The fourth-order valence-electron chi connectivity index (χ4n) is 3.00. The van der Waals surface area contributed by atoms with Crippen LogP contribution >= 0.6 is 0 Å². The van der Waals surface area contributed by atoms with E-state index in [-0.39, 0.29) is 6.10 Å². The monoisotopic (exact) mass is 240 g/mol. The molecule has 1 fully saturated rings. The molecule has 1 unspecified atom stereocenters. The maximum atomic E-state index is 12.3. The number of carbonyl (C=O) groups is 1. The van der Waals surface area contributed by atoms with Crippen LogP contribution in [0.5, 0.6) is 0 Å². The minimum atomic E-state index is -0.129. The Balaban J connectivity index is 2.50. The second kappa shape index (κ2) is 7.86. The van der Waals surface area contributed by atoms with Crippen LogP contribution in [0.4, 0.5) is 0 Å². The highest BCUT2D eigenvalue weighted by molar-refractivity contribution is 5.83. The molecule has 2 nitrogen and oxygen atoms in total. The van der Waals surface area contributed by atoms with Crippen LogP contribution in [0, 0.1) is 11.8 Å². The molecule has 1 atom stereocenters. The Labute approximate surface area is 106 Å². The summed E-state index contributed by atoms with van der Waals surface area (Å²) in [5.41, 5.74) is 0. The number of hydrogen-bond donors (Lipinski definition) is 0. The van der Waals surface area contributed by atoms with Gasteiger partial charge in [-0.25, -0.2) is 0 Å². The van der Waals surface area contributed by atoms with Crippen LogP contribution in [-0.4, -0.2) is 19.0 Å². The third-order valence-corrected chi connectivity index (χ3v) is 4.29. The summed E-state index contributed by atoms with van der Waals surface area (Å²) in [7, 11) is 1.70. The standard InChI is InChI=1S/C15H28O2/c1-4-12(5-2)11-14(16)15(17-3)13-9-7-6-8-10-13/h12-13,15H,4-11H2,1-3H3. The summed E-state index contributed by atoms with van der Waals surface area (Å²) < 4.78 is 5.49. The van der Waals surface area contributed by atoms with Gasteiger partial charge in [-0.15, -0.1) is 0 Å². The molecule has 0 heterocycles. The molecule has 1 aliphatic carbocycles. The van der Waals surface area contributed by atoms with Crippen LogP contribution in [0.3, 0.4) is 0 Å². The zero-order valence-corrected chi connectivity index (χ0v) is 11.7. The van der Waals surface area contributed by atoms with Gasteiger partial charge in [-0.1, -0.05) is 46.0 Å². The molecule has 0 spiro atoms. The molecule has 17 heavy (non-hydrogen) atoms. The zero-order valence-electron chi connectivity index (χ0n) is 11.7. The van der Waals surface area contributed by atoms with E-state index in [4.69, 9.17) is 4.74 Å². The van der Waals surface area contributed by atoms with Gasteiger partial charge in [0, 0.05) is 13.5 Å². The Bertz CT molecular complexity index is 215. The van der Waals surface area contributed by atoms with Crippen molar-refractivity contribution < 1.29 is 9.53 Å². The summed E-state index contributed by atoms with van der Waals surface area (Å²) in [5, 5.41) is 0. The minimum Gasteiger partial charge on any atom is -0.373 e. The number of rotatable bonds is 7. The van der Waals surface area contributed by atoms with Gasteiger partial charge in [0.2, 0.25) is 0 Å². The van der Waals surface area contributed by atoms with Crippen LogP contribution in [0.2, 0.25) is 0 Å². The summed E-state index contributed by atoms with van der Waals surface area (Å²) in [6.45, 7) is 4.34. The average Bonchev–Trinajstić information content (AvgIpc) is 2.38. The molecule has 0 aromatic heterocycles. The summed E-state index contributed by atoms with van der Waals surface area (Å²) in [6.07, 6.45) is 8.99. The molecule has 0 aromatic rings. The summed E-state index contributed by atoms with van der Waals surface area (Å²) in [5.74, 6) is 1.37. The molecule has 0 bridgehead atoms. The number of hydrogen-bond acceptors (Lipinski definition) is 2. The highest BCUT2D eigenvalue weighted by Gasteiger charge is 2.29. The fourth-order valence-corrected chi connectivity index (χ4v) is 3.00. The topological polar surface area (TPSA) is 26.3 Å². The maximum Gasteiger partial charge on any atom is 0.162 e. The third kappa shape index (κ3) is 4.42. The highest BCUT2D eigenvalue weighted by Crippen LogP contribution is 2.29. The molecule has 0 aliphatic heterocycles. The normalized spacial score (nSPS) is 19.5. The largest absolute Gasteiger partial charge is 0.373 e. The van der Waals surface area contributed by atoms with Crippen molar-refractivity contribution in [1.29, 1.82) is 0 Å². The van der Waals surface area contributed by atoms with Gasteiger partial charge in [-0.3, -0.25) is 4.79 Å². The second-order valence-electron chi connectivity index (χ2n) is 5.41. The third-order valence-electron chi connectivity index (χ3n) is 4.29. The Morgan fingerprint density at radius 1 is 1.18 bits per heavy atom. The van der Waals surface area contributed by atoms with Crippen molar-refractivity contribution in [2.24, 2.45) is 11.8 Å². The van der Waals surface area contributed by atoms with Crippen molar-refractivity contribution in [1.82, 2.24) is 0 Å². The Morgan fingerprint density at radius 3 is 2.24 bits per heavy atom. The number of carbonyl (C=O) groups excluding carboxylic acids is 1. The van der Waals surface area contributed by atoms with Crippen molar-refractivity contribution >= 4 is 5.78 Å². The molecular formula is C15H28O2. The van der Waals surface area contributed by atoms with Crippen LogP contribution in [0.25, 0.3) is 0 Å². The van der Waals surface area contributed by atoms with Gasteiger partial charge in [0.15, 0.2) is 5.78 Å². The number of Topliss-reactive ketones (excluding diaryl/α,β-unsaturated/α-hetero) is 1. The molecule has 1 saturated carbocycles. The molecule has 1 aliphatic rings. The van der Waals surface area contributed by atoms with Crippen molar-refractivity contribution in [3.8, 4) is 0 Å². The lowest BCUT2D eigenvalue weighted by Gasteiger charge is -2.29. The summed E-state index contributed by atoms with van der Waals surface area (Å²) in [4.78, 5) is 12.3. The van der Waals surface area contributed by atoms with Gasteiger partial charge in [0.05, 0.1) is 0 Å². The van der Waals surface area contributed by atoms with Crippen molar-refractivity contribution in [2.75, 3.05) is 7.11 Å². The molecule has 1 rings (SSSR count). The van der Waals surface area contributed by atoms with E-state index >= 15 is 0 Å². The first-order chi connectivity index (χ1) is 8.22. The van der Waals surface area contributed by atoms with Crippen LogP contribution in [0.15, 0.2) is 0 Å². The molecule has 0 aromatic carbocycles. The Kier molecular flexibility index (Phi) is 6.79. The van der Waals surface area contributed by atoms with E-state index in [9.17, 15) is 4.79 Å². The van der Waals surface area contributed by atoms with Crippen LogP contribution < -0.4 is 0 Å². The van der Waals surface area contributed by atoms with E-state index in [0.717, 1.165) is 12.8 Å². The van der Waals surface area contributed by atoms with E-state index in [1.165, 1.54) is 32.1 Å². The van der Waals surface area contributed by atoms with E-state index in [0.29, 0.717) is 24.0 Å². The molecule has 0 radical (unpaired) electrons. The maximum absolute atomic E-state index is 12.3. The first kappa shape index (κ1) is 14.7. The Hall–Kier alpha value is -0.370. The van der Waals surface area contributed by atoms with Crippen molar-refractivity contribution in [2.45, 2.75) is 71.3 Å². The average molecular weight is 240 g/mol. The number of methoxy groups -OCH3 is 1. The number of ketones is 1. The molecule has 0 saturated heterocycles. The molecule has 0 amide bonds. The molecule has 100 valence electrons. The van der Waals surface area contributed by atoms with Gasteiger partial charge in [-0.2, -0.15) is 0 Å². The van der Waals surface area contributed by atoms with Crippen molar-refractivity contribution in [3.05, 3.63) is 0 Å². The van der Waals surface area contributed by atoms with Crippen molar-refractivity contribution in [3.63, 3.8) is 0 Å². The molecular weight excluding hydrogens is 212 g/mol. The van der Waals surface area contributed by atoms with E-state index in [2.05, 4.69) is 13.8 Å². The zero-order chi connectivity index (χ0) is 12.7. The first-order valence-corrected chi connectivity index (χ1v) is 7.28. The number of ether oxygens (including phenoxy) is 1. The van der Waals surface area contributed by atoms with E-state index in [1.807, 2.05) is 0 Å². The lowest BCUT2D eigenvalue weighted by molar-refractivity contribution is -0.133. The van der Waals surface area contributed by atoms with Gasteiger partial charge < -0.3 is 4.74 Å². The van der Waals surface area contributed by atoms with Gasteiger partial charge in [0.1, 0.15) is 6.10 Å². The predicted octanol–water partition coefficient (Wildman–Crippen LogP) is 3.98. The van der Waals surface area contributed by atoms with Crippen LogP contribution in [0.1, 0.15) is 65.2 Å². The lowest BCUT2D eigenvalue weighted by atomic mass is 9.81. The smallest absolute Gasteiger partial charge is 0.162 e. The quantitative estimate of drug-likeness (QED) is 0.673.